The summed E-state index contributed by atoms with van der Waals surface area (Å²) in [4.78, 5) is 6.35. The van der Waals surface area contributed by atoms with Gasteiger partial charge in [0.25, 0.3) is 0 Å². The number of nitrogens with two attached hydrogens (primary N) is 1. The van der Waals surface area contributed by atoms with Crippen molar-refractivity contribution in [2.75, 3.05) is 11.9 Å². The van der Waals surface area contributed by atoms with Crippen LogP contribution in [-0.4, -0.2) is 23.1 Å². The van der Waals surface area contributed by atoms with Crippen molar-refractivity contribution >= 4 is 38.9 Å². The fourth-order valence-corrected chi connectivity index (χ4v) is 2.81. The third-order valence-electron chi connectivity index (χ3n) is 2.54. The van der Waals surface area contributed by atoms with Crippen molar-refractivity contribution in [1.82, 2.24) is 4.98 Å². The van der Waals surface area contributed by atoms with E-state index in [9.17, 15) is 0 Å². The van der Waals surface area contributed by atoms with Gasteiger partial charge < -0.3 is 15.8 Å². The van der Waals surface area contributed by atoms with Gasteiger partial charge in [0, 0.05) is 13.6 Å². The normalized spacial score (nSPS) is 11.6. The van der Waals surface area contributed by atoms with E-state index in [-0.39, 0.29) is 5.84 Å². The Labute approximate surface area is 123 Å². The van der Waals surface area contributed by atoms with Gasteiger partial charge in [-0.3, -0.25) is 0 Å². The van der Waals surface area contributed by atoms with Gasteiger partial charge in [0.15, 0.2) is 5.84 Å². The van der Waals surface area contributed by atoms with Crippen molar-refractivity contribution in [3.8, 4) is 0 Å². The number of amidine groups is 1. The Bertz CT molecular complexity index is 599. The molecule has 0 saturated carbocycles. The molecular formula is C12H13BrN4OS. The Morgan fingerprint density at radius 1 is 1.58 bits per heavy atom. The van der Waals surface area contributed by atoms with E-state index in [1.807, 2.05) is 24.1 Å². The standard InChI is InChI=1S/C12H13BrN4OS/c1-17(6-8-5-10(13)19-7-8)11-4-2-3-9(15-11)12(14)16-18/h2-5,7,18H,6H2,1H3,(H2,14,16). The van der Waals surface area contributed by atoms with E-state index >= 15 is 0 Å². The van der Waals surface area contributed by atoms with Gasteiger partial charge in [-0.05, 0) is 45.1 Å². The predicted molar refractivity (Wildman–Crippen MR) is 80.9 cm³/mol. The second-order valence-electron chi connectivity index (χ2n) is 3.98. The fraction of sp³-hybridized carbons (Fsp3) is 0.167. The molecule has 0 radical (unpaired) electrons. The van der Waals surface area contributed by atoms with Crippen LogP contribution >= 0.6 is 27.3 Å². The number of anilines is 1. The summed E-state index contributed by atoms with van der Waals surface area (Å²) in [5.41, 5.74) is 7.19. The Hall–Kier alpha value is -1.60. The van der Waals surface area contributed by atoms with Crippen molar-refractivity contribution in [1.29, 1.82) is 0 Å². The summed E-state index contributed by atoms with van der Waals surface area (Å²) >= 11 is 5.09. The molecule has 2 rings (SSSR count). The van der Waals surface area contributed by atoms with Crippen LogP contribution in [0.15, 0.2) is 38.6 Å². The Morgan fingerprint density at radius 3 is 3.00 bits per heavy atom. The third-order valence-corrected chi connectivity index (χ3v) is 4.09. The molecule has 100 valence electrons. The van der Waals surface area contributed by atoms with Crippen LogP contribution in [0.4, 0.5) is 5.82 Å². The lowest BCUT2D eigenvalue weighted by Gasteiger charge is -2.17. The highest BCUT2D eigenvalue weighted by atomic mass is 79.9. The van der Waals surface area contributed by atoms with Crippen molar-refractivity contribution in [3.05, 3.63) is 44.7 Å². The number of hydrogen-bond acceptors (Lipinski definition) is 5. The third kappa shape index (κ3) is 3.45. The maximum atomic E-state index is 8.66. The number of nitrogens with zero attached hydrogens (tertiary/aromatic N) is 3. The van der Waals surface area contributed by atoms with E-state index in [1.165, 1.54) is 5.56 Å². The first-order chi connectivity index (χ1) is 9.10. The molecule has 3 N–H and O–H groups in total. The van der Waals surface area contributed by atoms with Gasteiger partial charge in [0.1, 0.15) is 11.5 Å². The number of pyridine rings is 1. The number of halogens is 1. The maximum absolute atomic E-state index is 8.66. The molecule has 0 spiro atoms. The molecule has 0 aliphatic heterocycles. The molecule has 19 heavy (non-hydrogen) atoms. The van der Waals surface area contributed by atoms with Gasteiger partial charge in [-0.25, -0.2) is 4.98 Å². The number of hydrogen-bond donors (Lipinski definition) is 2. The zero-order valence-corrected chi connectivity index (χ0v) is 12.6. The molecule has 0 aliphatic rings. The predicted octanol–water partition coefficient (Wildman–Crippen LogP) is 2.64. The van der Waals surface area contributed by atoms with Crippen LogP contribution in [0.2, 0.25) is 0 Å². The molecule has 0 bridgehead atoms. The Kier molecular flexibility index (Phi) is 4.39. The molecule has 5 nitrogen and oxygen atoms in total. The van der Waals surface area contributed by atoms with Gasteiger partial charge in [-0.15, -0.1) is 11.3 Å². The van der Waals surface area contributed by atoms with Gasteiger partial charge in [-0.2, -0.15) is 0 Å². The van der Waals surface area contributed by atoms with Gasteiger partial charge in [-0.1, -0.05) is 11.2 Å². The highest BCUT2D eigenvalue weighted by Gasteiger charge is 2.08. The van der Waals surface area contributed by atoms with Crippen LogP contribution in [0.1, 0.15) is 11.3 Å². The summed E-state index contributed by atoms with van der Waals surface area (Å²) in [5, 5.41) is 13.7. The van der Waals surface area contributed by atoms with Gasteiger partial charge in [0.05, 0.1) is 3.79 Å². The lowest BCUT2D eigenvalue weighted by molar-refractivity contribution is 0.318. The smallest absolute Gasteiger partial charge is 0.188 e. The quantitative estimate of drug-likeness (QED) is 0.388. The van der Waals surface area contributed by atoms with E-state index in [2.05, 4.69) is 37.5 Å². The highest BCUT2D eigenvalue weighted by Crippen LogP contribution is 2.22. The zero-order valence-electron chi connectivity index (χ0n) is 10.2. The van der Waals surface area contributed by atoms with Crippen LogP contribution in [0.25, 0.3) is 0 Å². The molecule has 2 aromatic rings. The number of rotatable bonds is 4. The summed E-state index contributed by atoms with van der Waals surface area (Å²) in [5.74, 6) is 0.778. The SMILES string of the molecule is CN(Cc1csc(Br)c1)c1cccc(C(N)=NO)n1. The summed E-state index contributed by atoms with van der Waals surface area (Å²) in [7, 11) is 1.95. The van der Waals surface area contributed by atoms with Crippen LogP contribution < -0.4 is 10.6 Å². The van der Waals surface area contributed by atoms with Crippen molar-refractivity contribution in [2.45, 2.75) is 6.54 Å². The topological polar surface area (TPSA) is 74.7 Å². The van der Waals surface area contributed by atoms with E-state index < -0.39 is 0 Å². The molecule has 2 aromatic heterocycles. The largest absolute Gasteiger partial charge is 0.409 e. The van der Waals surface area contributed by atoms with Crippen LogP contribution in [0.5, 0.6) is 0 Å². The Balaban J connectivity index is 2.17. The number of thiophene rings is 1. The monoisotopic (exact) mass is 340 g/mol. The molecular weight excluding hydrogens is 328 g/mol. The number of oxime groups is 1. The molecule has 0 amide bonds. The molecule has 0 unspecified atom stereocenters. The molecule has 2 heterocycles. The van der Waals surface area contributed by atoms with E-state index in [0.29, 0.717) is 5.69 Å². The first-order valence-electron chi connectivity index (χ1n) is 5.49. The average Bonchev–Trinajstić information content (AvgIpc) is 2.83. The van der Waals surface area contributed by atoms with E-state index in [1.54, 1.807) is 17.4 Å². The van der Waals surface area contributed by atoms with Gasteiger partial charge >= 0.3 is 0 Å². The van der Waals surface area contributed by atoms with Crippen LogP contribution in [-0.2, 0) is 6.54 Å². The maximum Gasteiger partial charge on any atom is 0.188 e. The fourth-order valence-electron chi connectivity index (χ4n) is 1.61. The summed E-state index contributed by atoms with van der Waals surface area (Å²) in [6.45, 7) is 0.745. The average molecular weight is 341 g/mol. The summed E-state index contributed by atoms with van der Waals surface area (Å²) < 4.78 is 1.11. The first kappa shape index (κ1) is 13.8. The molecule has 0 saturated heterocycles. The van der Waals surface area contributed by atoms with Crippen LogP contribution in [0, 0.1) is 0 Å². The van der Waals surface area contributed by atoms with Crippen LogP contribution in [0.3, 0.4) is 0 Å². The zero-order chi connectivity index (χ0) is 13.8. The summed E-state index contributed by atoms with van der Waals surface area (Å²) in [6, 6.07) is 7.49. The summed E-state index contributed by atoms with van der Waals surface area (Å²) in [6.07, 6.45) is 0. The minimum atomic E-state index is 0.00790. The minimum absolute atomic E-state index is 0.00790. The Morgan fingerprint density at radius 2 is 2.37 bits per heavy atom. The molecule has 0 aromatic carbocycles. The van der Waals surface area contributed by atoms with E-state index in [0.717, 1.165) is 16.1 Å². The lowest BCUT2D eigenvalue weighted by atomic mass is 10.3. The minimum Gasteiger partial charge on any atom is -0.409 e. The van der Waals surface area contributed by atoms with Gasteiger partial charge in [0.2, 0.25) is 0 Å². The van der Waals surface area contributed by atoms with Crippen molar-refractivity contribution < 1.29 is 5.21 Å². The second kappa shape index (κ2) is 6.03. The lowest BCUT2D eigenvalue weighted by Crippen LogP contribution is -2.20. The first-order valence-corrected chi connectivity index (χ1v) is 7.16. The molecule has 0 fully saturated rings. The van der Waals surface area contributed by atoms with Crippen molar-refractivity contribution in [3.63, 3.8) is 0 Å². The molecule has 0 atom stereocenters. The number of aromatic nitrogens is 1. The highest BCUT2D eigenvalue weighted by molar-refractivity contribution is 9.11. The van der Waals surface area contributed by atoms with Crippen molar-refractivity contribution in [2.24, 2.45) is 10.9 Å². The van der Waals surface area contributed by atoms with E-state index in [4.69, 9.17) is 10.9 Å². The molecule has 0 aliphatic carbocycles. The molecule has 7 heteroatoms. The second-order valence-corrected chi connectivity index (χ2v) is 6.27.